The van der Waals surface area contributed by atoms with Crippen LogP contribution < -0.4 is 5.73 Å². The number of rotatable bonds is 2. The van der Waals surface area contributed by atoms with Crippen LogP contribution in [0.15, 0.2) is 18.2 Å². The third-order valence-corrected chi connectivity index (χ3v) is 4.46. The van der Waals surface area contributed by atoms with Crippen molar-refractivity contribution in [2.24, 2.45) is 5.73 Å². The predicted molar refractivity (Wildman–Crippen MR) is 75.8 cm³/mol. The summed E-state index contributed by atoms with van der Waals surface area (Å²) in [7, 11) is 0. The van der Waals surface area contributed by atoms with E-state index in [-0.39, 0.29) is 0 Å². The highest BCUT2D eigenvalue weighted by molar-refractivity contribution is 5.34. The van der Waals surface area contributed by atoms with Crippen molar-refractivity contribution in [2.75, 3.05) is 13.1 Å². The van der Waals surface area contributed by atoms with E-state index in [0.717, 1.165) is 38.9 Å². The molecular formula is C16H23FN2. The maximum absolute atomic E-state index is 13.1. The van der Waals surface area contributed by atoms with Gasteiger partial charge in [-0.05, 0) is 48.8 Å². The lowest BCUT2D eigenvalue weighted by atomic mass is 9.87. The Morgan fingerprint density at radius 3 is 2.74 bits per heavy atom. The SMILES string of the molecule is NC1CCc2cc(CN3CCC(F)CC3)ccc2C1. The second-order valence-electron chi connectivity index (χ2n) is 6.06. The summed E-state index contributed by atoms with van der Waals surface area (Å²) in [6, 6.07) is 7.13. The highest BCUT2D eigenvalue weighted by Gasteiger charge is 2.19. The Kier molecular flexibility index (Phi) is 3.85. The number of hydrogen-bond donors (Lipinski definition) is 1. The Hall–Kier alpha value is -0.930. The molecule has 1 aromatic carbocycles. The molecule has 0 radical (unpaired) electrons. The first-order chi connectivity index (χ1) is 9.20. The number of aryl methyl sites for hydroxylation is 1. The Bertz CT molecular complexity index is 438. The summed E-state index contributed by atoms with van der Waals surface area (Å²) < 4.78 is 13.1. The highest BCUT2D eigenvalue weighted by Crippen LogP contribution is 2.23. The minimum atomic E-state index is -0.582. The van der Waals surface area contributed by atoms with Gasteiger partial charge in [0.25, 0.3) is 0 Å². The molecule has 3 rings (SSSR count). The van der Waals surface area contributed by atoms with Gasteiger partial charge in [-0.25, -0.2) is 4.39 Å². The molecule has 2 nitrogen and oxygen atoms in total. The molecule has 1 aromatic rings. The van der Waals surface area contributed by atoms with Gasteiger partial charge in [0, 0.05) is 25.7 Å². The number of piperidine rings is 1. The molecule has 1 atom stereocenters. The van der Waals surface area contributed by atoms with Gasteiger partial charge < -0.3 is 5.73 Å². The topological polar surface area (TPSA) is 29.3 Å². The molecular weight excluding hydrogens is 239 g/mol. The molecule has 0 aromatic heterocycles. The molecule has 0 saturated carbocycles. The minimum Gasteiger partial charge on any atom is -0.327 e. The average molecular weight is 262 g/mol. The van der Waals surface area contributed by atoms with Gasteiger partial charge >= 0.3 is 0 Å². The molecule has 3 heteroatoms. The van der Waals surface area contributed by atoms with Gasteiger partial charge in [0.05, 0.1) is 0 Å². The first kappa shape index (κ1) is 13.1. The van der Waals surface area contributed by atoms with Crippen molar-refractivity contribution in [3.63, 3.8) is 0 Å². The second-order valence-corrected chi connectivity index (χ2v) is 6.06. The van der Waals surface area contributed by atoms with Crippen molar-refractivity contribution in [2.45, 2.75) is 50.9 Å². The summed E-state index contributed by atoms with van der Waals surface area (Å²) in [6.45, 7) is 2.75. The van der Waals surface area contributed by atoms with Gasteiger partial charge in [-0.1, -0.05) is 18.2 Å². The first-order valence-corrected chi connectivity index (χ1v) is 7.43. The number of hydrogen-bond acceptors (Lipinski definition) is 2. The highest BCUT2D eigenvalue weighted by atomic mass is 19.1. The van der Waals surface area contributed by atoms with Crippen LogP contribution in [0.5, 0.6) is 0 Å². The fourth-order valence-electron chi connectivity index (χ4n) is 3.25. The zero-order valence-electron chi connectivity index (χ0n) is 11.4. The molecule has 1 fully saturated rings. The van der Waals surface area contributed by atoms with E-state index >= 15 is 0 Å². The van der Waals surface area contributed by atoms with Gasteiger partial charge in [-0.2, -0.15) is 0 Å². The van der Waals surface area contributed by atoms with Gasteiger partial charge in [0.2, 0.25) is 0 Å². The van der Waals surface area contributed by atoms with E-state index in [1.54, 1.807) is 0 Å². The third-order valence-electron chi connectivity index (χ3n) is 4.46. The summed E-state index contributed by atoms with van der Waals surface area (Å²) in [5.74, 6) is 0. The molecule has 1 unspecified atom stereocenters. The largest absolute Gasteiger partial charge is 0.327 e. The number of benzene rings is 1. The van der Waals surface area contributed by atoms with Gasteiger partial charge in [-0.15, -0.1) is 0 Å². The lowest BCUT2D eigenvalue weighted by molar-refractivity contribution is 0.145. The summed E-state index contributed by atoms with van der Waals surface area (Å²) >= 11 is 0. The van der Waals surface area contributed by atoms with Crippen LogP contribution in [0, 0.1) is 0 Å². The Labute approximate surface area is 114 Å². The van der Waals surface area contributed by atoms with Gasteiger partial charge in [0.15, 0.2) is 0 Å². The van der Waals surface area contributed by atoms with Crippen LogP contribution in [0.3, 0.4) is 0 Å². The maximum atomic E-state index is 13.1. The normalized spacial score (nSPS) is 25.3. The van der Waals surface area contributed by atoms with Gasteiger partial charge in [-0.3, -0.25) is 4.90 Å². The lowest BCUT2D eigenvalue weighted by Crippen LogP contribution is -2.34. The monoisotopic (exact) mass is 262 g/mol. The van der Waals surface area contributed by atoms with Crippen LogP contribution in [0.4, 0.5) is 4.39 Å². The average Bonchev–Trinajstić information content (AvgIpc) is 2.42. The zero-order chi connectivity index (χ0) is 13.2. The van der Waals surface area contributed by atoms with Crippen LogP contribution in [-0.4, -0.2) is 30.2 Å². The maximum Gasteiger partial charge on any atom is 0.103 e. The lowest BCUT2D eigenvalue weighted by Gasteiger charge is -2.29. The first-order valence-electron chi connectivity index (χ1n) is 7.43. The standard InChI is InChI=1S/C16H23FN2/c17-15-5-7-19(8-6-15)11-12-1-2-14-10-16(18)4-3-13(14)9-12/h1-2,9,15-16H,3-8,10-11,18H2. The van der Waals surface area contributed by atoms with E-state index in [9.17, 15) is 4.39 Å². The summed E-state index contributed by atoms with van der Waals surface area (Å²) in [5.41, 5.74) is 10.3. The molecule has 1 aliphatic carbocycles. The molecule has 1 heterocycles. The molecule has 2 N–H and O–H groups in total. The Morgan fingerprint density at radius 1 is 1.16 bits per heavy atom. The van der Waals surface area contributed by atoms with E-state index in [1.807, 2.05) is 0 Å². The van der Waals surface area contributed by atoms with Crippen LogP contribution in [0.2, 0.25) is 0 Å². The molecule has 104 valence electrons. The number of fused-ring (bicyclic) bond motifs is 1. The number of halogens is 1. The van der Waals surface area contributed by atoms with E-state index in [1.165, 1.54) is 16.7 Å². The van der Waals surface area contributed by atoms with Crippen LogP contribution in [-0.2, 0) is 19.4 Å². The van der Waals surface area contributed by atoms with Crippen LogP contribution >= 0.6 is 0 Å². The van der Waals surface area contributed by atoms with Crippen molar-refractivity contribution < 1.29 is 4.39 Å². The molecule has 1 saturated heterocycles. The molecule has 1 aliphatic heterocycles. The summed E-state index contributed by atoms with van der Waals surface area (Å²) in [6.07, 6.45) is 4.03. The van der Waals surface area contributed by atoms with Crippen molar-refractivity contribution in [1.82, 2.24) is 4.90 Å². The van der Waals surface area contributed by atoms with Crippen molar-refractivity contribution in [3.05, 3.63) is 34.9 Å². The molecule has 2 aliphatic rings. The van der Waals surface area contributed by atoms with E-state index in [4.69, 9.17) is 5.73 Å². The van der Waals surface area contributed by atoms with Crippen molar-refractivity contribution >= 4 is 0 Å². The second kappa shape index (κ2) is 5.59. The van der Waals surface area contributed by atoms with Crippen LogP contribution in [0.25, 0.3) is 0 Å². The smallest absolute Gasteiger partial charge is 0.103 e. The van der Waals surface area contributed by atoms with Crippen LogP contribution in [0.1, 0.15) is 36.0 Å². The Balaban J connectivity index is 1.66. The fourth-order valence-corrected chi connectivity index (χ4v) is 3.25. The summed E-state index contributed by atoms with van der Waals surface area (Å²) in [4.78, 5) is 2.37. The number of nitrogens with zero attached hydrogens (tertiary/aromatic N) is 1. The van der Waals surface area contributed by atoms with E-state index in [2.05, 4.69) is 23.1 Å². The van der Waals surface area contributed by atoms with Crippen molar-refractivity contribution in [3.8, 4) is 0 Å². The predicted octanol–water partition coefficient (Wildman–Crippen LogP) is 2.44. The summed E-state index contributed by atoms with van der Waals surface area (Å²) in [5, 5.41) is 0. The minimum absolute atomic E-state index is 0.335. The molecule has 19 heavy (non-hydrogen) atoms. The third kappa shape index (κ3) is 3.15. The van der Waals surface area contributed by atoms with Gasteiger partial charge in [0.1, 0.15) is 6.17 Å². The zero-order valence-corrected chi connectivity index (χ0v) is 11.4. The Morgan fingerprint density at radius 2 is 1.95 bits per heavy atom. The fraction of sp³-hybridized carbons (Fsp3) is 0.625. The molecule has 0 bridgehead atoms. The van der Waals surface area contributed by atoms with Crippen molar-refractivity contribution in [1.29, 1.82) is 0 Å². The van der Waals surface area contributed by atoms with E-state index < -0.39 is 6.17 Å². The van der Waals surface area contributed by atoms with E-state index in [0.29, 0.717) is 18.9 Å². The molecule has 0 spiro atoms. The number of likely N-dealkylation sites (tertiary alicyclic amines) is 1. The quantitative estimate of drug-likeness (QED) is 0.887. The number of nitrogens with two attached hydrogens (primary N) is 1. The number of alkyl halides is 1. The molecule has 0 amide bonds.